The molecule has 4 rings (SSSR count). The van der Waals surface area contributed by atoms with E-state index in [0.717, 1.165) is 20.8 Å². The number of thiazole rings is 1. The number of phenolic OH excluding ortho intramolecular Hbond substituents is 2. The Morgan fingerprint density at radius 1 is 0.962 bits per heavy atom. The summed E-state index contributed by atoms with van der Waals surface area (Å²) in [5.74, 6) is 0.353. The van der Waals surface area contributed by atoms with Crippen molar-refractivity contribution in [1.82, 2.24) is 4.98 Å². The fraction of sp³-hybridized carbons (Fsp3) is 0.0476. The molecule has 2 N–H and O–H groups in total. The molecule has 3 aromatic carbocycles. The number of aromatic hydroxyl groups is 2. The number of hydrogen-bond acceptors (Lipinski definition) is 5. The third-order valence-electron chi connectivity index (χ3n) is 4.04. The minimum atomic E-state index is 0.168. The van der Waals surface area contributed by atoms with Gasteiger partial charge in [0.05, 0.1) is 21.5 Å². The van der Waals surface area contributed by atoms with Crippen molar-refractivity contribution in [2.75, 3.05) is 0 Å². The van der Waals surface area contributed by atoms with Crippen LogP contribution in [0.5, 0.6) is 11.5 Å². The molecule has 0 unspecified atom stereocenters. The van der Waals surface area contributed by atoms with Crippen molar-refractivity contribution < 1.29 is 10.2 Å². The van der Waals surface area contributed by atoms with Gasteiger partial charge in [-0.1, -0.05) is 23.8 Å². The van der Waals surface area contributed by atoms with Crippen LogP contribution in [0.25, 0.3) is 20.8 Å². The van der Waals surface area contributed by atoms with E-state index in [1.54, 1.807) is 30.5 Å². The van der Waals surface area contributed by atoms with E-state index in [2.05, 4.69) is 9.98 Å². The number of fused-ring (bicyclic) bond motifs is 1. The van der Waals surface area contributed by atoms with Crippen molar-refractivity contribution in [2.24, 2.45) is 4.99 Å². The maximum Gasteiger partial charge on any atom is 0.128 e. The fourth-order valence-corrected chi connectivity index (χ4v) is 3.68. The van der Waals surface area contributed by atoms with Crippen LogP contribution in [0.4, 0.5) is 5.69 Å². The molecule has 0 saturated carbocycles. The van der Waals surface area contributed by atoms with Gasteiger partial charge in [-0.3, -0.25) is 4.99 Å². The molecular weight excluding hydrogens is 344 g/mol. The number of nitrogens with zero attached hydrogens (tertiary/aromatic N) is 2. The maximum absolute atomic E-state index is 10.3. The van der Waals surface area contributed by atoms with Gasteiger partial charge in [-0.25, -0.2) is 4.98 Å². The first-order chi connectivity index (χ1) is 12.6. The molecule has 0 saturated heterocycles. The second-order valence-electron chi connectivity index (χ2n) is 6.01. The minimum Gasteiger partial charge on any atom is -0.507 e. The molecule has 128 valence electrons. The Labute approximate surface area is 154 Å². The molecule has 1 heterocycles. The van der Waals surface area contributed by atoms with E-state index in [-0.39, 0.29) is 11.5 Å². The summed E-state index contributed by atoms with van der Waals surface area (Å²) in [4.78, 5) is 9.04. The average molecular weight is 360 g/mol. The molecule has 0 aliphatic rings. The predicted molar refractivity (Wildman–Crippen MR) is 107 cm³/mol. The average Bonchev–Trinajstić information content (AvgIpc) is 3.07. The van der Waals surface area contributed by atoms with Gasteiger partial charge in [-0.05, 0) is 49.4 Å². The van der Waals surface area contributed by atoms with Crippen molar-refractivity contribution >= 4 is 33.5 Å². The van der Waals surface area contributed by atoms with Crippen LogP contribution < -0.4 is 0 Å². The lowest BCUT2D eigenvalue weighted by Gasteiger charge is -2.03. The lowest BCUT2D eigenvalue weighted by atomic mass is 10.1. The Morgan fingerprint density at radius 2 is 1.77 bits per heavy atom. The van der Waals surface area contributed by atoms with Crippen LogP contribution in [0.3, 0.4) is 0 Å². The second-order valence-corrected chi connectivity index (χ2v) is 7.04. The number of aryl methyl sites for hydroxylation is 1. The topological polar surface area (TPSA) is 65.7 Å². The highest BCUT2D eigenvalue weighted by atomic mass is 32.1. The standard InChI is InChI=1S/C21H16N2O2S/c1-13-6-8-18(24)14(10-13)12-22-15-7-9-19(25)16(11-15)21-23-17-4-2-3-5-20(17)26-21/h2-12,24-25H,1H3. The van der Waals surface area contributed by atoms with Gasteiger partial charge in [-0.2, -0.15) is 0 Å². The van der Waals surface area contributed by atoms with Gasteiger partial charge < -0.3 is 10.2 Å². The zero-order valence-corrected chi connectivity index (χ0v) is 14.9. The van der Waals surface area contributed by atoms with E-state index in [4.69, 9.17) is 0 Å². The van der Waals surface area contributed by atoms with Gasteiger partial charge in [0.2, 0.25) is 0 Å². The highest BCUT2D eigenvalue weighted by Crippen LogP contribution is 2.37. The Morgan fingerprint density at radius 3 is 2.62 bits per heavy atom. The third kappa shape index (κ3) is 3.17. The van der Waals surface area contributed by atoms with Gasteiger partial charge in [0.15, 0.2) is 0 Å². The van der Waals surface area contributed by atoms with Gasteiger partial charge in [-0.15, -0.1) is 11.3 Å². The SMILES string of the molecule is Cc1ccc(O)c(C=Nc2ccc(O)c(-c3nc4ccccc4s3)c2)c1. The number of aromatic nitrogens is 1. The largest absolute Gasteiger partial charge is 0.507 e. The number of benzene rings is 3. The van der Waals surface area contributed by atoms with Crippen LogP contribution >= 0.6 is 11.3 Å². The zero-order chi connectivity index (χ0) is 18.1. The molecule has 0 spiro atoms. The molecular formula is C21H16N2O2S. The molecule has 4 aromatic rings. The number of aliphatic imine (C=N–C) groups is 1. The predicted octanol–water partition coefficient (Wildman–Crippen LogP) is 5.43. The van der Waals surface area contributed by atoms with Crippen LogP contribution in [0.2, 0.25) is 0 Å². The van der Waals surface area contributed by atoms with Crippen LogP contribution in [0.15, 0.2) is 65.7 Å². The first-order valence-corrected chi connectivity index (χ1v) is 8.94. The number of rotatable bonds is 3. The highest BCUT2D eigenvalue weighted by molar-refractivity contribution is 7.21. The monoisotopic (exact) mass is 360 g/mol. The Balaban J connectivity index is 1.72. The van der Waals surface area contributed by atoms with Crippen LogP contribution in [-0.2, 0) is 0 Å². The summed E-state index contributed by atoms with van der Waals surface area (Å²) in [6.07, 6.45) is 1.62. The van der Waals surface area contributed by atoms with Crippen molar-refractivity contribution in [3.8, 4) is 22.1 Å². The summed E-state index contributed by atoms with van der Waals surface area (Å²) in [7, 11) is 0. The molecule has 0 atom stereocenters. The van der Waals surface area contributed by atoms with E-state index >= 15 is 0 Å². The van der Waals surface area contributed by atoms with E-state index in [1.807, 2.05) is 43.3 Å². The molecule has 0 bridgehead atoms. The van der Waals surface area contributed by atoms with Crippen molar-refractivity contribution in [3.05, 3.63) is 71.8 Å². The summed E-state index contributed by atoms with van der Waals surface area (Å²) in [6, 6.07) is 18.4. The Hall–Kier alpha value is -3.18. The van der Waals surface area contributed by atoms with Crippen molar-refractivity contribution in [2.45, 2.75) is 6.92 Å². The first-order valence-electron chi connectivity index (χ1n) is 8.13. The third-order valence-corrected chi connectivity index (χ3v) is 5.11. The smallest absolute Gasteiger partial charge is 0.128 e. The van der Waals surface area contributed by atoms with Crippen molar-refractivity contribution in [1.29, 1.82) is 0 Å². The fourth-order valence-electron chi connectivity index (χ4n) is 2.68. The highest BCUT2D eigenvalue weighted by Gasteiger charge is 2.11. The van der Waals surface area contributed by atoms with Crippen LogP contribution in [-0.4, -0.2) is 21.4 Å². The van der Waals surface area contributed by atoms with Crippen LogP contribution in [0, 0.1) is 6.92 Å². The molecule has 0 amide bonds. The van der Waals surface area contributed by atoms with Gasteiger partial charge in [0.25, 0.3) is 0 Å². The molecule has 0 fully saturated rings. The maximum atomic E-state index is 10.3. The molecule has 0 radical (unpaired) electrons. The summed E-state index contributed by atoms with van der Waals surface area (Å²) in [5.41, 5.74) is 3.93. The molecule has 0 aliphatic heterocycles. The normalized spacial score (nSPS) is 11.4. The molecule has 0 aliphatic carbocycles. The number of para-hydroxylation sites is 1. The summed E-state index contributed by atoms with van der Waals surface area (Å²) < 4.78 is 1.07. The van der Waals surface area contributed by atoms with Crippen molar-refractivity contribution in [3.63, 3.8) is 0 Å². The van der Waals surface area contributed by atoms with Gasteiger partial charge in [0, 0.05) is 11.8 Å². The summed E-state index contributed by atoms with van der Waals surface area (Å²) in [5, 5.41) is 20.9. The lowest BCUT2D eigenvalue weighted by Crippen LogP contribution is -1.84. The molecule has 1 aromatic heterocycles. The summed E-state index contributed by atoms with van der Waals surface area (Å²) >= 11 is 1.53. The first kappa shape index (κ1) is 16.3. The second kappa shape index (κ2) is 6.61. The van der Waals surface area contributed by atoms with E-state index in [9.17, 15) is 10.2 Å². The van der Waals surface area contributed by atoms with Crippen LogP contribution in [0.1, 0.15) is 11.1 Å². The number of phenols is 2. The quantitative estimate of drug-likeness (QED) is 0.479. The van der Waals surface area contributed by atoms with E-state index < -0.39 is 0 Å². The molecule has 26 heavy (non-hydrogen) atoms. The van der Waals surface area contributed by atoms with E-state index in [0.29, 0.717) is 16.8 Å². The number of hydrogen-bond donors (Lipinski definition) is 2. The lowest BCUT2D eigenvalue weighted by molar-refractivity contribution is 0.474. The van der Waals surface area contributed by atoms with Gasteiger partial charge >= 0.3 is 0 Å². The Bertz CT molecular complexity index is 1100. The molecule has 5 heteroatoms. The zero-order valence-electron chi connectivity index (χ0n) is 14.0. The Kier molecular flexibility index (Phi) is 4.14. The summed E-state index contributed by atoms with van der Waals surface area (Å²) in [6.45, 7) is 1.96. The molecule has 4 nitrogen and oxygen atoms in total. The van der Waals surface area contributed by atoms with E-state index in [1.165, 1.54) is 11.3 Å². The van der Waals surface area contributed by atoms with Gasteiger partial charge in [0.1, 0.15) is 16.5 Å². The minimum absolute atomic E-state index is 0.168.